The number of hydrogen-bond acceptors (Lipinski definition) is 13. The fourth-order valence-corrected chi connectivity index (χ4v) is 7.30. The van der Waals surface area contributed by atoms with E-state index in [1.54, 1.807) is 19.9 Å². The third-order valence-corrected chi connectivity index (χ3v) is 8.63. The van der Waals surface area contributed by atoms with Gasteiger partial charge in [-0.2, -0.15) is 0 Å². The summed E-state index contributed by atoms with van der Waals surface area (Å²) in [4.78, 5) is 67.2. The summed E-state index contributed by atoms with van der Waals surface area (Å²) < 4.78 is 35.8. The number of pyridine rings is 1. The van der Waals surface area contributed by atoms with Crippen molar-refractivity contribution in [2.45, 2.75) is 103 Å². The summed E-state index contributed by atoms with van der Waals surface area (Å²) >= 11 is 0. The minimum absolute atomic E-state index is 0.0272. The summed E-state index contributed by atoms with van der Waals surface area (Å²) in [5.41, 5.74) is -6.93. The number of fused-ring (bicyclic) bond motifs is 1. The van der Waals surface area contributed by atoms with E-state index < -0.39 is 89.0 Å². The first kappa shape index (κ1) is 31.4. The highest BCUT2D eigenvalue weighted by molar-refractivity contribution is 5.89. The zero-order valence-corrected chi connectivity index (χ0v) is 24.7. The number of ether oxygens (including phenoxy) is 6. The van der Waals surface area contributed by atoms with E-state index in [1.165, 1.54) is 32.3 Å². The number of carbonyl (C=O) groups is 5. The van der Waals surface area contributed by atoms with Crippen molar-refractivity contribution in [2.24, 2.45) is 11.3 Å². The van der Waals surface area contributed by atoms with Gasteiger partial charge in [0.15, 0.2) is 11.7 Å². The molecule has 4 rings (SSSR count). The van der Waals surface area contributed by atoms with Gasteiger partial charge in [0.2, 0.25) is 0 Å². The molecular formula is C29H37NO12. The second-order valence-corrected chi connectivity index (χ2v) is 11.9. The minimum atomic E-state index is -2.00. The van der Waals surface area contributed by atoms with Gasteiger partial charge in [-0.3, -0.25) is 24.2 Å². The number of aromatic nitrogens is 1. The number of aliphatic hydroxyl groups is 1. The molecule has 1 aromatic rings. The highest BCUT2D eigenvalue weighted by atomic mass is 16.6. The molecule has 1 aromatic heterocycles. The molecule has 13 heteroatoms. The summed E-state index contributed by atoms with van der Waals surface area (Å²) in [6.07, 6.45) is -2.82. The average Bonchev–Trinajstić information content (AvgIpc) is 3.03. The Hall–Kier alpha value is -3.58. The van der Waals surface area contributed by atoms with Gasteiger partial charge in [-0.25, -0.2) is 4.79 Å². The Bertz CT molecular complexity index is 1260. The zero-order chi connectivity index (χ0) is 31.3. The van der Waals surface area contributed by atoms with Crippen molar-refractivity contribution in [1.82, 2.24) is 4.98 Å². The van der Waals surface area contributed by atoms with E-state index in [1.807, 2.05) is 0 Å². The Morgan fingerprint density at radius 1 is 0.929 bits per heavy atom. The molecule has 2 heterocycles. The second kappa shape index (κ2) is 10.9. The molecule has 0 amide bonds. The zero-order valence-electron chi connectivity index (χ0n) is 24.7. The molecule has 3 aliphatic rings. The van der Waals surface area contributed by atoms with Crippen LogP contribution in [0.1, 0.15) is 71.7 Å². The van der Waals surface area contributed by atoms with Gasteiger partial charge in [-0.15, -0.1) is 0 Å². The molecule has 2 saturated carbocycles. The molecule has 0 unspecified atom stereocenters. The maximum absolute atomic E-state index is 13.5. The van der Waals surface area contributed by atoms with Gasteiger partial charge in [-0.05, 0) is 39.3 Å². The summed E-state index contributed by atoms with van der Waals surface area (Å²) in [6.45, 7) is 8.90. The molecule has 8 atom stereocenters. The van der Waals surface area contributed by atoms with E-state index in [2.05, 4.69) is 4.98 Å². The minimum Gasteiger partial charge on any atom is -0.465 e. The summed E-state index contributed by atoms with van der Waals surface area (Å²) in [7, 11) is 0. The Balaban J connectivity index is 2.06. The van der Waals surface area contributed by atoms with E-state index in [-0.39, 0.29) is 18.4 Å². The number of carbonyl (C=O) groups excluding carboxylic acids is 5. The van der Waals surface area contributed by atoms with Crippen LogP contribution in [0.2, 0.25) is 0 Å². The number of hydrogen-bond donors (Lipinski definition) is 1. The van der Waals surface area contributed by atoms with Crippen LogP contribution in [-0.2, 0) is 47.6 Å². The summed E-state index contributed by atoms with van der Waals surface area (Å²) in [5, 5.41) is 12.4. The fraction of sp³-hybridized carbons (Fsp3) is 0.655. The van der Waals surface area contributed by atoms with Crippen LogP contribution < -0.4 is 0 Å². The third kappa shape index (κ3) is 5.02. The maximum atomic E-state index is 13.5. The molecule has 3 fully saturated rings. The Labute approximate surface area is 243 Å². The van der Waals surface area contributed by atoms with Gasteiger partial charge in [0.25, 0.3) is 0 Å². The first-order valence-electron chi connectivity index (χ1n) is 13.7. The van der Waals surface area contributed by atoms with Crippen LogP contribution in [0.3, 0.4) is 0 Å². The lowest BCUT2D eigenvalue weighted by atomic mass is 9.46. The van der Waals surface area contributed by atoms with Crippen molar-refractivity contribution < 1.29 is 57.5 Å². The van der Waals surface area contributed by atoms with Gasteiger partial charge in [0, 0.05) is 52.4 Å². The van der Waals surface area contributed by atoms with Crippen molar-refractivity contribution >= 4 is 29.8 Å². The molecule has 1 saturated heterocycles. The lowest BCUT2D eigenvalue weighted by Crippen LogP contribution is -2.83. The molecule has 2 aliphatic carbocycles. The second-order valence-electron chi connectivity index (χ2n) is 11.9. The van der Waals surface area contributed by atoms with Gasteiger partial charge in [0.1, 0.15) is 30.3 Å². The van der Waals surface area contributed by atoms with Crippen molar-refractivity contribution in [3.05, 3.63) is 30.1 Å². The summed E-state index contributed by atoms with van der Waals surface area (Å²) in [6, 6.07) is 3.04. The van der Waals surface area contributed by atoms with Gasteiger partial charge in [0.05, 0.1) is 16.8 Å². The van der Waals surface area contributed by atoms with Crippen LogP contribution in [-0.4, -0.2) is 87.8 Å². The third-order valence-electron chi connectivity index (χ3n) is 8.63. The van der Waals surface area contributed by atoms with Crippen molar-refractivity contribution in [2.75, 3.05) is 6.61 Å². The first-order valence-corrected chi connectivity index (χ1v) is 13.7. The van der Waals surface area contributed by atoms with Crippen LogP contribution in [0.25, 0.3) is 0 Å². The Kier molecular flexibility index (Phi) is 8.15. The molecule has 13 nitrogen and oxygen atoms in total. The van der Waals surface area contributed by atoms with E-state index in [0.717, 1.165) is 20.8 Å². The lowest BCUT2D eigenvalue weighted by Gasteiger charge is -2.65. The predicted octanol–water partition coefficient (Wildman–Crippen LogP) is 1.67. The van der Waals surface area contributed by atoms with Crippen molar-refractivity contribution in [3.8, 4) is 0 Å². The first-order chi connectivity index (χ1) is 19.5. The molecule has 2 bridgehead atoms. The normalized spacial score (nSPS) is 36.1. The van der Waals surface area contributed by atoms with E-state index in [9.17, 15) is 29.1 Å². The molecule has 1 aliphatic heterocycles. The SMILES string of the molecule is CC(=O)OC[C@@]12[C@H](OC(C)=O)[C@H](OC(C)=O)C[C@@](C)(O)[C@]13OC(C)(C)[C@H](C[C@H]2OC(=O)c1cccnc1)[C@@H]3OC(C)=O. The molecule has 1 spiro atoms. The van der Waals surface area contributed by atoms with Crippen molar-refractivity contribution in [3.63, 3.8) is 0 Å². The van der Waals surface area contributed by atoms with E-state index in [4.69, 9.17) is 28.4 Å². The standard InChI is InChI=1S/C29H37NO12/c1-15(31)37-14-28-22(41-25(35)19-9-8-10-30-13-19)11-20-23(39-17(3)33)29(28,42-26(20,5)6)27(7,36)12-21(38-16(2)32)24(28)40-18(4)34/h8-10,13,20-24,36H,11-12,14H2,1-7H3/t20-,21-,22-,23+,24-,27-,28-,29+/m1/s1. The highest BCUT2D eigenvalue weighted by Gasteiger charge is 2.86. The van der Waals surface area contributed by atoms with Gasteiger partial charge >= 0.3 is 29.8 Å². The topological polar surface area (TPSA) is 174 Å². The molecule has 0 radical (unpaired) electrons. The number of rotatable bonds is 7. The van der Waals surface area contributed by atoms with Crippen LogP contribution >= 0.6 is 0 Å². The highest BCUT2D eigenvalue weighted by Crippen LogP contribution is 2.69. The lowest BCUT2D eigenvalue weighted by molar-refractivity contribution is -0.355. The fourth-order valence-electron chi connectivity index (χ4n) is 7.30. The van der Waals surface area contributed by atoms with Crippen LogP contribution in [0.5, 0.6) is 0 Å². The van der Waals surface area contributed by atoms with Crippen molar-refractivity contribution in [1.29, 1.82) is 0 Å². The summed E-state index contributed by atoms with van der Waals surface area (Å²) in [5.74, 6) is -4.40. The average molecular weight is 592 g/mol. The predicted molar refractivity (Wildman–Crippen MR) is 140 cm³/mol. The maximum Gasteiger partial charge on any atom is 0.340 e. The Morgan fingerprint density at radius 3 is 2.10 bits per heavy atom. The van der Waals surface area contributed by atoms with Gasteiger partial charge in [-0.1, -0.05) is 0 Å². The van der Waals surface area contributed by atoms with Crippen LogP contribution in [0.4, 0.5) is 0 Å². The Morgan fingerprint density at radius 2 is 1.55 bits per heavy atom. The molecule has 0 aromatic carbocycles. The van der Waals surface area contributed by atoms with E-state index in [0.29, 0.717) is 0 Å². The molecular weight excluding hydrogens is 554 g/mol. The monoisotopic (exact) mass is 591 g/mol. The van der Waals surface area contributed by atoms with Gasteiger partial charge < -0.3 is 33.5 Å². The molecule has 42 heavy (non-hydrogen) atoms. The van der Waals surface area contributed by atoms with E-state index >= 15 is 0 Å². The molecule has 1 N–H and O–H groups in total. The quantitative estimate of drug-likeness (QED) is 0.359. The van der Waals surface area contributed by atoms with Crippen LogP contribution in [0.15, 0.2) is 24.5 Å². The molecule has 230 valence electrons. The number of esters is 5. The van der Waals surface area contributed by atoms with Crippen LogP contribution in [0, 0.1) is 11.3 Å². The smallest absolute Gasteiger partial charge is 0.340 e. The number of nitrogens with zero attached hydrogens (tertiary/aromatic N) is 1. The largest absolute Gasteiger partial charge is 0.465 e.